The van der Waals surface area contributed by atoms with E-state index < -0.39 is 6.10 Å². The van der Waals surface area contributed by atoms with E-state index in [1.54, 1.807) is 11.3 Å². The van der Waals surface area contributed by atoms with Crippen molar-refractivity contribution in [1.82, 2.24) is 10.3 Å². The number of aliphatic hydroxyl groups excluding tert-OH is 1. The molecule has 1 aliphatic heterocycles. The molecule has 19 heavy (non-hydrogen) atoms. The molecule has 0 aliphatic carbocycles. The molecule has 0 bridgehead atoms. The lowest BCUT2D eigenvalue weighted by Gasteiger charge is -2.30. The lowest BCUT2D eigenvalue weighted by molar-refractivity contribution is 0.140. The van der Waals surface area contributed by atoms with Crippen molar-refractivity contribution in [3.8, 4) is 0 Å². The van der Waals surface area contributed by atoms with E-state index >= 15 is 0 Å². The quantitative estimate of drug-likeness (QED) is 0.904. The van der Waals surface area contributed by atoms with Crippen molar-refractivity contribution in [1.29, 1.82) is 0 Å². The third-order valence-corrected chi connectivity index (χ3v) is 4.76. The Kier molecular flexibility index (Phi) is 3.82. The number of hydrogen-bond donors (Lipinski definition) is 2. The van der Waals surface area contributed by atoms with E-state index in [0.717, 1.165) is 28.6 Å². The molecular formula is C15H20N2OS. The summed E-state index contributed by atoms with van der Waals surface area (Å²) in [5.74, 6) is 0. The molecule has 102 valence electrons. The molecule has 1 aromatic heterocycles. The van der Waals surface area contributed by atoms with Crippen molar-refractivity contribution in [3.63, 3.8) is 0 Å². The Hall–Kier alpha value is -0.970. The smallest absolute Gasteiger partial charge is 0.0869 e. The number of benzene rings is 1. The van der Waals surface area contributed by atoms with Gasteiger partial charge in [0.15, 0.2) is 0 Å². The average molecular weight is 276 g/mol. The molecule has 0 saturated carbocycles. The van der Waals surface area contributed by atoms with Gasteiger partial charge in [-0.1, -0.05) is 18.6 Å². The van der Waals surface area contributed by atoms with Crippen LogP contribution in [0.25, 0.3) is 10.2 Å². The molecule has 0 amide bonds. The molecule has 4 heteroatoms. The third kappa shape index (κ3) is 2.81. The SMILES string of the molecule is CC1CCCC(CC(O)c2cccc3scnc23)N1. The highest BCUT2D eigenvalue weighted by Crippen LogP contribution is 2.29. The first-order valence-corrected chi connectivity index (χ1v) is 7.88. The molecule has 3 unspecified atom stereocenters. The molecule has 0 spiro atoms. The lowest BCUT2D eigenvalue weighted by Crippen LogP contribution is -2.41. The van der Waals surface area contributed by atoms with E-state index in [9.17, 15) is 5.11 Å². The maximum absolute atomic E-state index is 10.5. The van der Waals surface area contributed by atoms with Crippen molar-refractivity contribution in [2.45, 2.75) is 50.8 Å². The van der Waals surface area contributed by atoms with Gasteiger partial charge in [-0.3, -0.25) is 0 Å². The predicted molar refractivity (Wildman–Crippen MR) is 79.4 cm³/mol. The second kappa shape index (κ2) is 5.57. The monoisotopic (exact) mass is 276 g/mol. The highest BCUT2D eigenvalue weighted by Gasteiger charge is 2.22. The van der Waals surface area contributed by atoms with Crippen molar-refractivity contribution in [2.24, 2.45) is 0 Å². The van der Waals surface area contributed by atoms with Crippen LogP contribution in [0.1, 0.15) is 44.3 Å². The van der Waals surface area contributed by atoms with Gasteiger partial charge < -0.3 is 10.4 Å². The molecule has 3 atom stereocenters. The standard InChI is InChI=1S/C15H20N2OS/c1-10-4-2-5-11(17-10)8-13(18)12-6-3-7-14-15(12)16-9-19-14/h3,6-7,9-11,13,17-18H,2,4-5,8H2,1H3. The summed E-state index contributed by atoms with van der Waals surface area (Å²) in [4.78, 5) is 4.39. The van der Waals surface area contributed by atoms with Gasteiger partial charge in [0.1, 0.15) is 0 Å². The topological polar surface area (TPSA) is 45.2 Å². The van der Waals surface area contributed by atoms with Crippen LogP contribution in [0, 0.1) is 0 Å². The zero-order valence-electron chi connectivity index (χ0n) is 11.2. The van der Waals surface area contributed by atoms with Crippen molar-refractivity contribution < 1.29 is 5.11 Å². The predicted octanol–water partition coefficient (Wildman–Crippen LogP) is 3.25. The Morgan fingerprint density at radius 2 is 2.37 bits per heavy atom. The summed E-state index contributed by atoms with van der Waals surface area (Å²) >= 11 is 1.63. The summed E-state index contributed by atoms with van der Waals surface area (Å²) in [6.45, 7) is 2.22. The maximum Gasteiger partial charge on any atom is 0.0869 e. The van der Waals surface area contributed by atoms with Crippen LogP contribution in [0.5, 0.6) is 0 Å². The van der Waals surface area contributed by atoms with Crippen molar-refractivity contribution in [2.75, 3.05) is 0 Å². The number of aliphatic hydroxyl groups is 1. The first kappa shape index (κ1) is 13.0. The third-order valence-electron chi connectivity index (χ3n) is 3.97. The van der Waals surface area contributed by atoms with E-state index in [1.807, 2.05) is 17.6 Å². The van der Waals surface area contributed by atoms with Gasteiger partial charge in [-0.15, -0.1) is 11.3 Å². The fourth-order valence-corrected chi connectivity index (χ4v) is 3.71. The molecule has 1 aromatic carbocycles. The number of fused-ring (bicyclic) bond motifs is 1. The van der Waals surface area contributed by atoms with Crippen molar-refractivity contribution in [3.05, 3.63) is 29.3 Å². The van der Waals surface area contributed by atoms with Gasteiger partial charge in [-0.25, -0.2) is 4.98 Å². The van der Waals surface area contributed by atoms with Crippen LogP contribution in [-0.2, 0) is 0 Å². The normalized spacial score (nSPS) is 25.6. The number of nitrogens with one attached hydrogen (secondary N) is 1. The number of aromatic nitrogens is 1. The molecule has 3 rings (SSSR count). The number of rotatable bonds is 3. The second-order valence-electron chi connectivity index (χ2n) is 5.49. The van der Waals surface area contributed by atoms with Gasteiger partial charge >= 0.3 is 0 Å². The van der Waals surface area contributed by atoms with Crippen LogP contribution >= 0.6 is 11.3 Å². The molecule has 2 heterocycles. The number of hydrogen-bond acceptors (Lipinski definition) is 4. The van der Waals surface area contributed by atoms with E-state index in [4.69, 9.17) is 0 Å². The molecular weight excluding hydrogens is 256 g/mol. The van der Waals surface area contributed by atoms with Gasteiger partial charge in [-0.2, -0.15) is 0 Å². The molecule has 2 aromatic rings. The second-order valence-corrected chi connectivity index (χ2v) is 6.38. The molecule has 0 radical (unpaired) electrons. The Balaban J connectivity index is 1.76. The van der Waals surface area contributed by atoms with Crippen molar-refractivity contribution >= 4 is 21.6 Å². The van der Waals surface area contributed by atoms with Gasteiger partial charge in [0.05, 0.1) is 21.8 Å². The van der Waals surface area contributed by atoms with Gasteiger partial charge in [0, 0.05) is 17.6 Å². The Morgan fingerprint density at radius 3 is 3.21 bits per heavy atom. The van der Waals surface area contributed by atoms with Gasteiger partial charge in [0.25, 0.3) is 0 Å². The summed E-state index contributed by atoms with van der Waals surface area (Å²) in [7, 11) is 0. The zero-order valence-corrected chi connectivity index (χ0v) is 12.0. The lowest BCUT2D eigenvalue weighted by atomic mass is 9.93. The summed E-state index contributed by atoms with van der Waals surface area (Å²) in [5.41, 5.74) is 3.78. The molecule has 1 saturated heterocycles. The number of nitrogens with zero attached hydrogens (tertiary/aromatic N) is 1. The zero-order chi connectivity index (χ0) is 13.2. The van der Waals surface area contributed by atoms with Crippen LogP contribution in [0.3, 0.4) is 0 Å². The van der Waals surface area contributed by atoms with E-state index in [-0.39, 0.29) is 0 Å². The van der Waals surface area contributed by atoms with Crippen LogP contribution in [0.15, 0.2) is 23.7 Å². The highest BCUT2D eigenvalue weighted by atomic mass is 32.1. The Bertz CT molecular complexity index is 554. The number of thiazole rings is 1. The molecule has 2 N–H and O–H groups in total. The summed E-state index contributed by atoms with van der Waals surface area (Å²) in [5, 5.41) is 14.1. The van der Waals surface area contributed by atoms with E-state index in [2.05, 4.69) is 23.3 Å². The van der Waals surface area contributed by atoms with Gasteiger partial charge in [-0.05, 0) is 32.3 Å². The van der Waals surface area contributed by atoms with Crippen LogP contribution in [0.2, 0.25) is 0 Å². The number of piperidine rings is 1. The highest BCUT2D eigenvalue weighted by molar-refractivity contribution is 7.16. The fourth-order valence-electron chi connectivity index (χ4n) is 3.00. The Labute approximate surface area is 117 Å². The average Bonchev–Trinajstić information content (AvgIpc) is 2.86. The van der Waals surface area contributed by atoms with Crippen LogP contribution in [-0.4, -0.2) is 22.2 Å². The van der Waals surface area contributed by atoms with E-state index in [0.29, 0.717) is 12.1 Å². The summed E-state index contributed by atoms with van der Waals surface area (Å²) in [6.07, 6.45) is 4.02. The summed E-state index contributed by atoms with van der Waals surface area (Å²) < 4.78 is 1.15. The van der Waals surface area contributed by atoms with Crippen LogP contribution in [0.4, 0.5) is 0 Å². The van der Waals surface area contributed by atoms with Crippen LogP contribution < -0.4 is 5.32 Å². The maximum atomic E-state index is 10.5. The first-order valence-electron chi connectivity index (χ1n) is 7.00. The molecule has 3 nitrogen and oxygen atoms in total. The van der Waals surface area contributed by atoms with Gasteiger partial charge in [0.2, 0.25) is 0 Å². The number of para-hydroxylation sites is 1. The molecule has 1 aliphatic rings. The minimum Gasteiger partial charge on any atom is -0.388 e. The fraction of sp³-hybridized carbons (Fsp3) is 0.533. The first-order chi connectivity index (χ1) is 9.24. The van der Waals surface area contributed by atoms with E-state index in [1.165, 1.54) is 12.8 Å². The summed E-state index contributed by atoms with van der Waals surface area (Å²) in [6, 6.07) is 7.06. The molecule has 1 fully saturated rings. The minimum atomic E-state index is -0.423. The largest absolute Gasteiger partial charge is 0.388 e. The Morgan fingerprint density at radius 1 is 1.47 bits per heavy atom. The minimum absolute atomic E-state index is 0.423.